The summed E-state index contributed by atoms with van der Waals surface area (Å²) in [5, 5.41) is 6.92. The lowest BCUT2D eigenvalue weighted by Crippen LogP contribution is -2.35. The number of oxime groups is 1. The first kappa shape index (κ1) is 10.5. The largest absolute Gasteiger partial charge is 0.391 e. The van der Waals surface area contributed by atoms with Gasteiger partial charge in [0.15, 0.2) is 0 Å². The Kier molecular flexibility index (Phi) is 4.86. The second kappa shape index (κ2) is 6.00. The van der Waals surface area contributed by atoms with Crippen molar-refractivity contribution in [1.29, 1.82) is 0 Å². The predicted molar refractivity (Wildman–Crippen MR) is 55.1 cm³/mol. The minimum Gasteiger partial charge on any atom is -0.391 e. The average Bonchev–Trinajstić information content (AvgIpc) is 2.19. The van der Waals surface area contributed by atoms with Crippen LogP contribution in [0.25, 0.3) is 0 Å². The van der Waals surface area contributed by atoms with Gasteiger partial charge < -0.3 is 10.2 Å². The molecule has 1 rings (SSSR count). The van der Waals surface area contributed by atoms with Gasteiger partial charge in [-0.2, -0.15) is 0 Å². The van der Waals surface area contributed by atoms with Crippen LogP contribution in [0.5, 0.6) is 0 Å². The number of rotatable bonds is 4. The van der Waals surface area contributed by atoms with Gasteiger partial charge in [0.2, 0.25) is 0 Å². The fraction of sp³-hybridized carbons (Fsp3) is 0.667. The third kappa shape index (κ3) is 3.36. The van der Waals surface area contributed by atoms with Gasteiger partial charge in [0, 0.05) is 6.04 Å². The van der Waals surface area contributed by atoms with Gasteiger partial charge in [-0.05, 0) is 25.0 Å². The third-order valence-corrected chi connectivity index (χ3v) is 2.22. The zero-order chi connectivity index (χ0) is 9.52. The predicted octanol–water partition coefficient (Wildman–Crippen LogP) is 1.88. The van der Waals surface area contributed by atoms with Crippen molar-refractivity contribution in [3.05, 3.63) is 11.6 Å². The van der Waals surface area contributed by atoms with Gasteiger partial charge in [-0.3, -0.25) is 0 Å². The van der Waals surface area contributed by atoms with Crippen LogP contribution in [0.3, 0.4) is 0 Å². The molecule has 3 nitrogen and oxygen atoms in total. The molecule has 1 N–H and O–H groups in total. The maximum atomic E-state index is 5.24. The van der Waals surface area contributed by atoms with Gasteiger partial charge in [0.05, 0.1) is 0 Å². The quantitative estimate of drug-likeness (QED) is 0.429. The molecule has 0 saturated carbocycles. The molecule has 74 valence electrons. The summed E-state index contributed by atoms with van der Waals surface area (Å²) in [7, 11) is 0. The summed E-state index contributed by atoms with van der Waals surface area (Å²) in [6.45, 7) is 3.75. The van der Waals surface area contributed by atoms with Crippen molar-refractivity contribution < 1.29 is 4.84 Å². The molecule has 0 aromatic carbocycles. The van der Waals surface area contributed by atoms with Crippen molar-refractivity contribution in [2.24, 2.45) is 5.16 Å². The van der Waals surface area contributed by atoms with Crippen LogP contribution in [0.15, 0.2) is 16.8 Å². The Morgan fingerprint density at radius 2 is 2.69 bits per heavy atom. The number of halogens is 1. The highest BCUT2D eigenvalue weighted by Crippen LogP contribution is 2.12. The van der Waals surface area contributed by atoms with E-state index in [1.54, 1.807) is 0 Å². The molecule has 13 heavy (non-hydrogen) atoms. The van der Waals surface area contributed by atoms with Gasteiger partial charge in [0.25, 0.3) is 0 Å². The van der Waals surface area contributed by atoms with Gasteiger partial charge in [-0.25, -0.2) is 0 Å². The number of hydrogen-bond donors (Lipinski definition) is 1. The number of hydrogen-bond acceptors (Lipinski definition) is 3. The Balaban J connectivity index is 2.40. The van der Waals surface area contributed by atoms with E-state index in [9.17, 15) is 0 Å². The SMILES string of the molecule is CCC1NCCC=C1CON=CCl. The van der Waals surface area contributed by atoms with Crippen molar-refractivity contribution >= 4 is 17.3 Å². The van der Waals surface area contributed by atoms with Crippen LogP contribution in [0.1, 0.15) is 19.8 Å². The van der Waals surface area contributed by atoms with Crippen LogP contribution in [-0.2, 0) is 4.84 Å². The van der Waals surface area contributed by atoms with Crippen molar-refractivity contribution in [2.75, 3.05) is 13.2 Å². The summed E-state index contributed by atoms with van der Waals surface area (Å²) < 4.78 is 0. The molecule has 0 radical (unpaired) electrons. The number of nitrogens with one attached hydrogen (secondary N) is 1. The fourth-order valence-corrected chi connectivity index (χ4v) is 1.55. The molecule has 1 heterocycles. The Morgan fingerprint density at radius 1 is 1.85 bits per heavy atom. The molecule has 0 spiro atoms. The van der Waals surface area contributed by atoms with E-state index in [0.717, 1.165) is 25.1 Å². The highest BCUT2D eigenvalue weighted by Gasteiger charge is 2.14. The third-order valence-electron chi connectivity index (χ3n) is 2.14. The van der Waals surface area contributed by atoms with Crippen LogP contribution in [-0.4, -0.2) is 24.9 Å². The summed E-state index contributed by atoms with van der Waals surface area (Å²) in [6, 6.07) is 0.444. The maximum absolute atomic E-state index is 5.24. The highest BCUT2D eigenvalue weighted by molar-refractivity contribution is 6.56. The lowest BCUT2D eigenvalue weighted by Gasteiger charge is -2.23. The van der Waals surface area contributed by atoms with Crippen LogP contribution in [0.4, 0.5) is 0 Å². The summed E-state index contributed by atoms with van der Waals surface area (Å²) in [6.07, 6.45) is 4.37. The summed E-state index contributed by atoms with van der Waals surface area (Å²) in [4.78, 5) is 4.98. The standard InChI is InChI=1S/C9H15ClN2O/c1-2-9-8(4-3-5-11-9)6-13-12-7-10/h4,7,9,11H,2-3,5-6H2,1H3. The first-order chi connectivity index (χ1) is 6.38. The van der Waals surface area contributed by atoms with E-state index in [-0.39, 0.29) is 0 Å². The fourth-order valence-electron chi connectivity index (χ4n) is 1.49. The topological polar surface area (TPSA) is 33.6 Å². The molecule has 0 amide bonds. The molecule has 0 saturated heterocycles. The van der Waals surface area contributed by atoms with E-state index in [0.29, 0.717) is 12.6 Å². The Morgan fingerprint density at radius 3 is 3.38 bits per heavy atom. The maximum Gasteiger partial charge on any atom is 0.139 e. The molecular formula is C9H15ClN2O. The van der Waals surface area contributed by atoms with Crippen molar-refractivity contribution in [1.82, 2.24) is 5.32 Å². The second-order valence-electron chi connectivity index (χ2n) is 2.96. The summed E-state index contributed by atoms with van der Waals surface area (Å²) >= 11 is 5.24. The van der Waals surface area contributed by atoms with Crippen molar-refractivity contribution in [2.45, 2.75) is 25.8 Å². The first-order valence-corrected chi connectivity index (χ1v) is 4.98. The molecule has 1 unspecified atom stereocenters. The minimum atomic E-state index is 0.444. The van der Waals surface area contributed by atoms with Crippen LogP contribution >= 0.6 is 11.6 Å². The van der Waals surface area contributed by atoms with Crippen molar-refractivity contribution in [3.8, 4) is 0 Å². The first-order valence-electron chi connectivity index (χ1n) is 4.54. The molecule has 0 aromatic heterocycles. The molecule has 0 bridgehead atoms. The molecule has 1 aliphatic rings. The molecule has 0 fully saturated rings. The smallest absolute Gasteiger partial charge is 0.139 e. The zero-order valence-electron chi connectivity index (χ0n) is 7.79. The lowest BCUT2D eigenvalue weighted by molar-refractivity contribution is 0.163. The zero-order valence-corrected chi connectivity index (χ0v) is 8.55. The summed E-state index contributed by atoms with van der Waals surface area (Å²) in [5.74, 6) is 0. The molecule has 4 heteroatoms. The van der Waals surface area contributed by atoms with Gasteiger partial charge in [0.1, 0.15) is 12.3 Å². The van der Waals surface area contributed by atoms with Gasteiger partial charge in [-0.15, -0.1) is 0 Å². The summed E-state index contributed by atoms with van der Waals surface area (Å²) in [5.41, 5.74) is 2.41. The van der Waals surface area contributed by atoms with E-state index < -0.39 is 0 Å². The Bertz CT molecular complexity index is 204. The lowest BCUT2D eigenvalue weighted by atomic mass is 10.0. The van der Waals surface area contributed by atoms with E-state index in [2.05, 4.69) is 23.5 Å². The number of nitrogens with zero attached hydrogens (tertiary/aromatic N) is 1. The molecular weight excluding hydrogens is 188 g/mol. The van der Waals surface area contributed by atoms with E-state index in [1.807, 2.05) is 0 Å². The van der Waals surface area contributed by atoms with Gasteiger partial charge in [-0.1, -0.05) is 29.8 Å². The highest BCUT2D eigenvalue weighted by atomic mass is 35.5. The molecule has 1 aliphatic heterocycles. The van der Waals surface area contributed by atoms with E-state index in [1.165, 1.54) is 5.57 Å². The molecule has 0 aromatic rings. The Labute approximate surface area is 83.8 Å². The molecule has 1 atom stereocenters. The minimum absolute atomic E-state index is 0.444. The normalized spacial score (nSPS) is 23.2. The average molecular weight is 203 g/mol. The van der Waals surface area contributed by atoms with Crippen molar-refractivity contribution in [3.63, 3.8) is 0 Å². The Hall–Kier alpha value is -0.540. The molecule has 0 aliphatic carbocycles. The monoisotopic (exact) mass is 202 g/mol. The van der Waals surface area contributed by atoms with E-state index >= 15 is 0 Å². The second-order valence-corrected chi connectivity index (χ2v) is 3.15. The van der Waals surface area contributed by atoms with Crippen LogP contribution in [0, 0.1) is 0 Å². The van der Waals surface area contributed by atoms with Gasteiger partial charge >= 0.3 is 0 Å². The van der Waals surface area contributed by atoms with E-state index in [4.69, 9.17) is 16.4 Å². The van der Waals surface area contributed by atoms with Crippen LogP contribution in [0.2, 0.25) is 0 Å². The van der Waals surface area contributed by atoms with Crippen LogP contribution < -0.4 is 5.32 Å².